The molecule has 1 aliphatic rings. The summed E-state index contributed by atoms with van der Waals surface area (Å²) in [6.45, 7) is 0.490. The molecule has 0 aliphatic carbocycles. The molecule has 1 unspecified atom stereocenters. The first-order valence-electron chi connectivity index (χ1n) is 10.7. The molecule has 9 heteroatoms. The van der Waals surface area contributed by atoms with E-state index in [1.165, 1.54) is 0 Å². The lowest BCUT2D eigenvalue weighted by Gasteiger charge is -2.25. The third kappa shape index (κ3) is 8.01. The fourth-order valence-electron chi connectivity index (χ4n) is 3.77. The van der Waals surface area contributed by atoms with Crippen molar-refractivity contribution in [1.82, 2.24) is 15.7 Å². The highest BCUT2D eigenvalue weighted by atomic mass is 16.5. The van der Waals surface area contributed by atoms with Crippen LogP contribution in [0.5, 0.6) is 0 Å². The van der Waals surface area contributed by atoms with E-state index < -0.39 is 29.9 Å². The second-order valence-corrected chi connectivity index (χ2v) is 7.78. The average molecular weight is 434 g/mol. The van der Waals surface area contributed by atoms with Gasteiger partial charge in [0.2, 0.25) is 17.7 Å². The Morgan fingerprint density at radius 1 is 1.03 bits per heavy atom. The van der Waals surface area contributed by atoms with Gasteiger partial charge in [0.1, 0.15) is 12.1 Å². The normalized spacial score (nSPS) is 16.5. The molecule has 0 aromatic heterocycles. The summed E-state index contributed by atoms with van der Waals surface area (Å²) in [6, 6.07) is 7.39. The van der Waals surface area contributed by atoms with Crippen molar-refractivity contribution in [3.8, 4) is 0 Å². The molecule has 170 valence electrons. The lowest BCUT2D eigenvalue weighted by atomic mass is 10.1. The van der Waals surface area contributed by atoms with Crippen molar-refractivity contribution in [1.29, 1.82) is 0 Å². The van der Waals surface area contributed by atoms with Crippen molar-refractivity contribution < 1.29 is 29.5 Å². The van der Waals surface area contributed by atoms with E-state index in [4.69, 9.17) is 5.21 Å². The molecule has 9 nitrogen and oxygen atoms in total. The highest BCUT2D eigenvalue weighted by Crippen LogP contribution is 2.20. The number of hydroxylamine groups is 1. The number of carbonyl (C=O) groups is 4. The highest BCUT2D eigenvalue weighted by Gasteiger charge is 2.35. The Balaban J connectivity index is 1.81. The molecule has 0 bridgehead atoms. The van der Waals surface area contributed by atoms with Crippen LogP contribution in [0.2, 0.25) is 0 Å². The summed E-state index contributed by atoms with van der Waals surface area (Å²) < 4.78 is 0. The van der Waals surface area contributed by atoms with Crippen LogP contribution in [0.15, 0.2) is 30.3 Å². The van der Waals surface area contributed by atoms with Crippen LogP contribution >= 0.6 is 0 Å². The summed E-state index contributed by atoms with van der Waals surface area (Å²) in [4.78, 5) is 49.5. The predicted molar refractivity (Wildman–Crippen MR) is 112 cm³/mol. The van der Waals surface area contributed by atoms with Gasteiger partial charge in [-0.2, -0.15) is 0 Å². The van der Waals surface area contributed by atoms with Crippen LogP contribution in [0.1, 0.15) is 56.9 Å². The van der Waals surface area contributed by atoms with Crippen LogP contribution < -0.4 is 10.8 Å². The van der Waals surface area contributed by atoms with Crippen LogP contribution in [0.25, 0.3) is 0 Å². The minimum atomic E-state index is -1.11. The Labute approximate surface area is 181 Å². The van der Waals surface area contributed by atoms with E-state index in [0.717, 1.165) is 18.4 Å². The highest BCUT2D eigenvalue weighted by molar-refractivity contribution is 5.91. The van der Waals surface area contributed by atoms with Gasteiger partial charge in [-0.1, -0.05) is 43.2 Å². The minimum absolute atomic E-state index is 0.110. The van der Waals surface area contributed by atoms with Crippen LogP contribution in [0.4, 0.5) is 0 Å². The number of rotatable bonds is 12. The quantitative estimate of drug-likeness (QED) is 0.225. The van der Waals surface area contributed by atoms with Crippen molar-refractivity contribution in [3.05, 3.63) is 35.9 Å². The van der Waals surface area contributed by atoms with Gasteiger partial charge in [-0.15, -0.1) is 0 Å². The molecule has 1 heterocycles. The predicted octanol–water partition coefficient (Wildman–Crippen LogP) is 1.64. The van der Waals surface area contributed by atoms with Gasteiger partial charge in [-0.05, 0) is 31.2 Å². The summed E-state index contributed by atoms with van der Waals surface area (Å²) >= 11 is 0. The second-order valence-electron chi connectivity index (χ2n) is 7.78. The van der Waals surface area contributed by atoms with Crippen molar-refractivity contribution in [2.45, 2.75) is 69.9 Å². The number of nitrogens with one attached hydrogen (secondary N) is 2. The third-order valence-electron chi connectivity index (χ3n) is 5.44. The second kappa shape index (κ2) is 12.7. The van der Waals surface area contributed by atoms with Gasteiger partial charge in [0.25, 0.3) is 0 Å². The van der Waals surface area contributed by atoms with Gasteiger partial charge < -0.3 is 15.3 Å². The molecule has 0 saturated carbocycles. The van der Waals surface area contributed by atoms with Crippen molar-refractivity contribution >= 4 is 23.7 Å². The largest absolute Gasteiger partial charge is 0.480 e. The molecule has 1 saturated heterocycles. The standard InChI is InChI=1S/C22H31N3O6/c26-19(24-31)12-6-1-2-7-13-20(27)25-14-8-11-18(25)21(28)23-17(22(29)30)15-16-9-4-3-5-10-16/h3-5,9-10,17-18,31H,1-2,6-8,11-15H2,(H,23,28)(H,24,26)(H,29,30)/t17?,18-/m0/s1. The number of nitrogens with zero attached hydrogens (tertiary/aromatic N) is 1. The van der Waals surface area contributed by atoms with E-state index >= 15 is 0 Å². The molecule has 3 amide bonds. The topological polar surface area (TPSA) is 136 Å². The summed E-state index contributed by atoms with van der Waals surface area (Å²) in [6.07, 6.45) is 4.77. The molecule has 2 rings (SSSR count). The number of carboxylic acids is 1. The Morgan fingerprint density at radius 2 is 1.71 bits per heavy atom. The van der Waals surface area contributed by atoms with Crippen LogP contribution in [0.3, 0.4) is 0 Å². The van der Waals surface area contributed by atoms with Crippen molar-refractivity contribution in [3.63, 3.8) is 0 Å². The number of carbonyl (C=O) groups excluding carboxylic acids is 3. The van der Waals surface area contributed by atoms with Crippen molar-refractivity contribution in [2.75, 3.05) is 6.54 Å². The van der Waals surface area contributed by atoms with Crippen LogP contribution in [-0.4, -0.2) is 57.5 Å². The summed E-state index contributed by atoms with van der Waals surface area (Å²) in [5.74, 6) is -2.07. The number of aliphatic carboxylic acids is 1. The van der Waals surface area contributed by atoms with E-state index in [1.54, 1.807) is 10.4 Å². The van der Waals surface area contributed by atoms with E-state index in [2.05, 4.69) is 5.32 Å². The molecule has 1 fully saturated rings. The molecule has 4 N–H and O–H groups in total. The van der Waals surface area contributed by atoms with Gasteiger partial charge in [-0.25, -0.2) is 10.3 Å². The smallest absolute Gasteiger partial charge is 0.326 e. The maximum atomic E-state index is 12.7. The summed E-state index contributed by atoms with van der Waals surface area (Å²) in [5, 5.41) is 20.6. The first-order chi connectivity index (χ1) is 14.9. The van der Waals surface area contributed by atoms with E-state index in [1.807, 2.05) is 30.3 Å². The number of hydrogen-bond acceptors (Lipinski definition) is 5. The summed E-state index contributed by atoms with van der Waals surface area (Å²) in [5.41, 5.74) is 2.40. The Morgan fingerprint density at radius 3 is 2.35 bits per heavy atom. The van der Waals surface area contributed by atoms with Gasteiger partial charge in [0.15, 0.2) is 0 Å². The first kappa shape index (κ1) is 24.3. The number of likely N-dealkylation sites (tertiary alicyclic amines) is 1. The van der Waals surface area contributed by atoms with Crippen LogP contribution in [0, 0.1) is 0 Å². The molecule has 31 heavy (non-hydrogen) atoms. The van der Waals surface area contributed by atoms with Crippen molar-refractivity contribution in [2.24, 2.45) is 0 Å². The van der Waals surface area contributed by atoms with Gasteiger partial charge in [0.05, 0.1) is 0 Å². The maximum Gasteiger partial charge on any atom is 0.326 e. The summed E-state index contributed by atoms with van der Waals surface area (Å²) in [7, 11) is 0. The molecule has 1 aromatic rings. The first-order valence-corrected chi connectivity index (χ1v) is 10.7. The fourth-order valence-corrected chi connectivity index (χ4v) is 3.77. The molecule has 0 spiro atoms. The third-order valence-corrected chi connectivity index (χ3v) is 5.44. The van der Waals surface area contributed by atoms with E-state index in [-0.39, 0.29) is 18.7 Å². The van der Waals surface area contributed by atoms with E-state index in [0.29, 0.717) is 38.6 Å². The van der Waals surface area contributed by atoms with Gasteiger partial charge >= 0.3 is 5.97 Å². The van der Waals surface area contributed by atoms with Gasteiger partial charge in [0, 0.05) is 25.8 Å². The fraction of sp³-hybridized carbons (Fsp3) is 0.545. The monoisotopic (exact) mass is 433 g/mol. The molecular formula is C22H31N3O6. The molecule has 0 radical (unpaired) electrons. The maximum absolute atomic E-state index is 12.7. The molecule has 1 aromatic carbocycles. The zero-order valence-corrected chi connectivity index (χ0v) is 17.6. The minimum Gasteiger partial charge on any atom is -0.480 e. The zero-order chi connectivity index (χ0) is 22.6. The number of benzene rings is 1. The SMILES string of the molecule is O=C(CCCCCCC(=O)N1CCC[C@H]1C(=O)NC(Cc1ccccc1)C(=O)O)NO. The number of hydrogen-bond donors (Lipinski definition) is 4. The Hall–Kier alpha value is -2.94. The Kier molecular flexibility index (Phi) is 9.96. The molecule has 2 atom stereocenters. The number of amides is 3. The molecule has 1 aliphatic heterocycles. The van der Waals surface area contributed by atoms with E-state index in [9.17, 15) is 24.3 Å². The van der Waals surface area contributed by atoms with Gasteiger partial charge in [-0.3, -0.25) is 19.6 Å². The number of carboxylic acid groups (broad SMARTS) is 1. The zero-order valence-electron chi connectivity index (χ0n) is 17.6. The number of unbranched alkanes of at least 4 members (excludes halogenated alkanes) is 3. The lowest BCUT2D eigenvalue weighted by molar-refractivity contribution is -0.143. The lowest BCUT2D eigenvalue weighted by Crippen LogP contribution is -2.51. The molecular weight excluding hydrogens is 402 g/mol. The Bertz CT molecular complexity index is 755. The average Bonchev–Trinajstić information content (AvgIpc) is 3.26. The van der Waals surface area contributed by atoms with Crippen LogP contribution in [-0.2, 0) is 25.6 Å².